The summed E-state index contributed by atoms with van der Waals surface area (Å²) in [5.74, 6) is -0.885. The lowest BCUT2D eigenvalue weighted by molar-refractivity contribution is -0.167. The topological polar surface area (TPSA) is 78.9 Å². The van der Waals surface area contributed by atoms with Crippen molar-refractivity contribution >= 4 is 17.9 Å². The summed E-state index contributed by atoms with van der Waals surface area (Å²) in [7, 11) is 0. The maximum Gasteiger partial charge on any atom is 0.306 e. The van der Waals surface area contributed by atoms with Gasteiger partial charge in [0.15, 0.2) is 6.10 Å². The number of carbonyl (C=O) groups excluding carboxylic acids is 3. The highest BCUT2D eigenvalue weighted by Crippen LogP contribution is 2.16. The van der Waals surface area contributed by atoms with Gasteiger partial charge in [0.05, 0.1) is 0 Å². The number of ether oxygens (including phenoxy) is 3. The number of allylic oxidation sites excluding steroid dienone is 4. The molecule has 370 valence electrons. The van der Waals surface area contributed by atoms with E-state index in [0.29, 0.717) is 19.3 Å². The van der Waals surface area contributed by atoms with Crippen LogP contribution in [0, 0.1) is 0 Å². The average Bonchev–Trinajstić information content (AvgIpc) is 3.28. The zero-order chi connectivity index (χ0) is 45.8. The van der Waals surface area contributed by atoms with Gasteiger partial charge in [0.1, 0.15) is 13.2 Å². The lowest BCUT2D eigenvalue weighted by Crippen LogP contribution is -2.30. The Bertz CT molecular complexity index is 1020. The molecule has 0 aromatic rings. The number of hydrogen-bond donors (Lipinski definition) is 0. The van der Waals surface area contributed by atoms with Crippen molar-refractivity contribution in [3.05, 3.63) is 24.3 Å². The Morgan fingerprint density at radius 1 is 0.317 bits per heavy atom. The summed E-state index contributed by atoms with van der Waals surface area (Å²) in [5.41, 5.74) is 0. The van der Waals surface area contributed by atoms with Gasteiger partial charge in [0, 0.05) is 19.3 Å². The third kappa shape index (κ3) is 50.7. The van der Waals surface area contributed by atoms with Gasteiger partial charge in [-0.3, -0.25) is 14.4 Å². The van der Waals surface area contributed by atoms with Crippen LogP contribution in [0.4, 0.5) is 0 Å². The molecular weight excluding hydrogens is 781 g/mol. The fourth-order valence-corrected chi connectivity index (χ4v) is 8.26. The van der Waals surface area contributed by atoms with Crippen molar-refractivity contribution in [2.75, 3.05) is 13.2 Å². The number of esters is 3. The van der Waals surface area contributed by atoms with Gasteiger partial charge in [0.25, 0.3) is 0 Å². The Morgan fingerprint density at radius 2 is 0.556 bits per heavy atom. The van der Waals surface area contributed by atoms with Gasteiger partial charge < -0.3 is 14.2 Å². The zero-order valence-electron chi connectivity index (χ0n) is 42.4. The first-order chi connectivity index (χ1) is 31.0. The second-order valence-corrected chi connectivity index (χ2v) is 18.9. The highest BCUT2D eigenvalue weighted by atomic mass is 16.6. The molecule has 0 aliphatic rings. The summed E-state index contributed by atoms with van der Waals surface area (Å²) in [4.78, 5) is 38.0. The van der Waals surface area contributed by atoms with E-state index in [4.69, 9.17) is 14.2 Å². The molecule has 0 aliphatic heterocycles. The summed E-state index contributed by atoms with van der Waals surface area (Å²) in [6.07, 6.45) is 60.2. The van der Waals surface area contributed by atoms with E-state index in [0.717, 1.165) is 70.6 Å². The molecule has 6 heteroatoms. The Morgan fingerprint density at radius 3 is 0.857 bits per heavy atom. The smallest absolute Gasteiger partial charge is 0.306 e. The van der Waals surface area contributed by atoms with Gasteiger partial charge in [0.2, 0.25) is 0 Å². The summed E-state index contributed by atoms with van der Waals surface area (Å²) >= 11 is 0. The monoisotopic (exact) mass is 887 g/mol. The van der Waals surface area contributed by atoms with Crippen molar-refractivity contribution in [1.29, 1.82) is 0 Å². The lowest BCUT2D eigenvalue weighted by Gasteiger charge is -2.18. The molecule has 0 bridgehead atoms. The number of hydrogen-bond acceptors (Lipinski definition) is 6. The van der Waals surface area contributed by atoms with Crippen LogP contribution >= 0.6 is 0 Å². The molecule has 1 atom stereocenters. The van der Waals surface area contributed by atoms with Gasteiger partial charge in [-0.15, -0.1) is 0 Å². The van der Waals surface area contributed by atoms with Crippen LogP contribution in [0.5, 0.6) is 0 Å². The molecule has 0 radical (unpaired) electrons. The van der Waals surface area contributed by atoms with Crippen molar-refractivity contribution in [1.82, 2.24) is 0 Å². The molecule has 0 spiro atoms. The predicted molar refractivity (Wildman–Crippen MR) is 270 cm³/mol. The van der Waals surface area contributed by atoms with Crippen LogP contribution in [-0.4, -0.2) is 37.2 Å². The maximum absolute atomic E-state index is 12.8. The van der Waals surface area contributed by atoms with Crippen LogP contribution in [0.2, 0.25) is 0 Å². The molecule has 0 heterocycles. The molecule has 0 aromatic heterocycles. The van der Waals surface area contributed by atoms with Crippen molar-refractivity contribution in [2.24, 2.45) is 0 Å². The third-order valence-electron chi connectivity index (χ3n) is 12.5. The van der Waals surface area contributed by atoms with Crippen LogP contribution in [-0.2, 0) is 28.6 Å². The molecule has 0 rings (SSSR count). The largest absolute Gasteiger partial charge is 0.462 e. The molecular formula is C57H106O6. The summed E-state index contributed by atoms with van der Waals surface area (Å²) in [6, 6.07) is 0. The van der Waals surface area contributed by atoms with Gasteiger partial charge in [-0.05, 0) is 44.9 Å². The molecule has 0 fully saturated rings. The van der Waals surface area contributed by atoms with Crippen LogP contribution < -0.4 is 0 Å². The van der Waals surface area contributed by atoms with Crippen molar-refractivity contribution < 1.29 is 28.6 Å². The lowest BCUT2D eigenvalue weighted by atomic mass is 10.0. The Balaban J connectivity index is 4.35. The SMILES string of the molecule is CCCCCCCCC/C=C\C=C/CCCCCC(=O)OC(COC(=O)CCCCCCCCCCCCCC)COC(=O)CCCCCCCCCCCCCCCCCCC. The number of unbranched alkanes of at least 4 members (excludes halogenated alkanes) is 37. The Hall–Kier alpha value is -2.11. The van der Waals surface area contributed by atoms with Crippen LogP contribution in [0.3, 0.4) is 0 Å². The highest BCUT2D eigenvalue weighted by Gasteiger charge is 2.19. The molecule has 1 unspecified atom stereocenters. The molecule has 63 heavy (non-hydrogen) atoms. The highest BCUT2D eigenvalue weighted by molar-refractivity contribution is 5.71. The van der Waals surface area contributed by atoms with E-state index in [1.807, 2.05) is 0 Å². The Kier molecular flexibility index (Phi) is 50.8. The van der Waals surface area contributed by atoms with Gasteiger partial charge in [-0.25, -0.2) is 0 Å². The molecule has 0 saturated heterocycles. The first kappa shape index (κ1) is 60.9. The minimum atomic E-state index is -0.779. The van der Waals surface area contributed by atoms with E-state index in [2.05, 4.69) is 45.1 Å². The van der Waals surface area contributed by atoms with Crippen molar-refractivity contribution in [3.63, 3.8) is 0 Å². The van der Waals surface area contributed by atoms with Crippen LogP contribution in [0.25, 0.3) is 0 Å². The minimum absolute atomic E-state index is 0.0767. The maximum atomic E-state index is 12.8. The summed E-state index contributed by atoms with van der Waals surface area (Å²) in [5, 5.41) is 0. The summed E-state index contributed by atoms with van der Waals surface area (Å²) < 4.78 is 16.8. The minimum Gasteiger partial charge on any atom is -0.462 e. The average molecular weight is 887 g/mol. The number of rotatable bonds is 51. The Labute approximate surface area is 392 Å². The second kappa shape index (κ2) is 52.5. The molecule has 0 aromatic carbocycles. The van der Waals surface area contributed by atoms with Gasteiger partial charge >= 0.3 is 17.9 Å². The van der Waals surface area contributed by atoms with E-state index >= 15 is 0 Å². The normalized spacial score (nSPS) is 12.1. The van der Waals surface area contributed by atoms with Crippen molar-refractivity contribution in [3.8, 4) is 0 Å². The molecule has 0 N–H and O–H groups in total. The third-order valence-corrected chi connectivity index (χ3v) is 12.5. The van der Waals surface area contributed by atoms with Crippen LogP contribution in [0.1, 0.15) is 303 Å². The molecule has 0 saturated carbocycles. The first-order valence-corrected chi connectivity index (χ1v) is 27.9. The van der Waals surface area contributed by atoms with E-state index < -0.39 is 6.10 Å². The fraction of sp³-hybridized carbons (Fsp3) is 0.877. The second-order valence-electron chi connectivity index (χ2n) is 18.9. The van der Waals surface area contributed by atoms with Crippen LogP contribution in [0.15, 0.2) is 24.3 Å². The zero-order valence-corrected chi connectivity index (χ0v) is 42.4. The van der Waals surface area contributed by atoms with E-state index in [-0.39, 0.29) is 31.1 Å². The summed E-state index contributed by atoms with van der Waals surface area (Å²) in [6.45, 7) is 6.65. The standard InChI is InChI=1S/C57H106O6/c1-4-7-10-13-16-19-22-25-27-29-31-32-35-38-41-44-47-50-56(59)62-53-54(52-61-55(58)49-46-43-40-37-34-24-21-18-15-12-9-6-3)63-57(60)51-48-45-42-39-36-33-30-28-26-23-20-17-14-11-8-5-2/h28,30,33,36,54H,4-27,29,31-32,34-35,37-53H2,1-3H3/b30-28-,36-33-. The predicted octanol–water partition coefficient (Wildman–Crippen LogP) is 18.3. The quantitative estimate of drug-likeness (QED) is 0.0262. The van der Waals surface area contributed by atoms with E-state index in [1.54, 1.807) is 0 Å². The van der Waals surface area contributed by atoms with Crippen molar-refractivity contribution in [2.45, 2.75) is 309 Å². The van der Waals surface area contributed by atoms with Gasteiger partial charge in [-0.1, -0.05) is 263 Å². The molecule has 6 nitrogen and oxygen atoms in total. The fourth-order valence-electron chi connectivity index (χ4n) is 8.26. The molecule has 0 amide bonds. The molecule has 0 aliphatic carbocycles. The van der Waals surface area contributed by atoms with Gasteiger partial charge in [-0.2, -0.15) is 0 Å². The van der Waals surface area contributed by atoms with E-state index in [9.17, 15) is 14.4 Å². The van der Waals surface area contributed by atoms with E-state index in [1.165, 1.54) is 193 Å². The number of carbonyl (C=O) groups is 3. The first-order valence-electron chi connectivity index (χ1n) is 27.9.